The Bertz CT molecular complexity index is 998. The summed E-state index contributed by atoms with van der Waals surface area (Å²) in [5, 5.41) is 2.99. The van der Waals surface area contributed by atoms with Gasteiger partial charge in [-0.25, -0.2) is 0 Å². The summed E-state index contributed by atoms with van der Waals surface area (Å²) in [4.78, 5) is 12.9. The van der Waals surface area contributed by atoms with Crippen molar-refractivity contribution in [2.75, 3.05) is 11.3 Å². The fourth-order valence-electron chi connectivity index (χ4n) is 3.11. The van der Waals surface area contributed by atoms with Gasteiger partial charge in [0, 0.05) is 6.54 Å². The molecule has 0 aromatic heterocycles. The Labute approximate surface area is 170 Å². The molecule has 0 bridgehead atoms. The zero-order chi connectivity index (χ0) is 20.7. The van der Waals surface area contributed by atoms with E-state index in [9.17, 15) is 13.2 Å². The van der Waals surface area contributed by atoms with Crippen molar-refractivity contribution < 1.29 is 17.8 Å². The lowest BCUT2D eigenvalue weighted by Crippen LogP contribution is -2.31. The van der Waals surface area contributed by atoms with E-state index in [1.165, 1.54) is 0 Å². The molecular weight excluding hydrogens is 388 g/mol. The zero-order valence-corrected chi connectivity index (χ0v) is 16.5. The molecule has 7 heteroatoms. The molecule has 0 unspecified atom stereocenters. The third kappa shape index (κ3) is 6.17. The van der Waals surface area contributed by atoms with Crippen molar-refractivity contribution in [3.63, 3.8) is 0 Å². The van der Waals surface area contributed by atoms with Gasteiger partial charge in [0.15, 0.2) is 0 Å². The largest absolute Gasteiger partial charge is 0.357 e. The third-order valence-electron chi connectivity index (χ3n) is 4.44. The lowest BCUT2D eigenvalue weighted by molar-refractivity contribution is -0.121. The molecule has 3 rings (SSSR count). The molecule has 0 saturated carbocycles. The molecule has 0 aliphatic rings. The predicted molar refractivity (Wildman–Crippen MR) is 113 cm³/mol. The second kappa shape index (κ2) is 9.36. The van der Waals surface area contributed by atoms with Crippen LogP contribution in [0.1, 0.15) is 22.6 Å². The molecule has 0 aliphatic carbocycles. The Morgan fingerprint density at radius 1 is 0.828 bits per heavy atom. The van der Waals surface area contributed by atoms with Gasteiger partial charge in [0.25, 0.3) is 0 Å². The van der Waals surface area contributed by atoms with Crippen LogP contribution in [0.4, 0.5) is 5.69 Å². The van der Waals surface area contributed by atoms with E-state index >= 15 is 0 Å². The normalized spacial score (nSPS) is 11.2. The molecule has 0 aliphatic heterocycles. The van der Waals surface area contributed by atoms with Crippen LogP contribution in [0.2, 0.25) is 0 Å². The maximum Gasteiger partial charge on any atom is 0.357 e. The van der Waals surface area contributed by atoms with Crippen LogP contribution >= 0.6 is 0 Å². The molecule has 150 valence electrons. The molecule has 0 atom stereocenters. The van der Waals surface area contributed by atoms with Crippen molar-refractivity contribution in [3.8, 4) is 0 Å². The van der Waals surface area contributed by atoms with E-state index in [0.29, 0.717) is 13.0 Å². The summed E-state index contributed by atoms with van der Waals surface area (Å²) in [6.07, 6.45) is 0.591. The van der Waals surface area contributed by atoms with Gasteiger partial charge in [0.1, 0.15) is 0 Å². The van der Waals surface area contributed by atoms with Crippen LogP contribution in [-0.2, 0) is 21.5 Å². The van der Waals surface area contributed by atoms with Crippen molar-refractivity contribution in [3.05, 3.63) is 102 Å². The number of hydrogen-bond acceptors (Lipinski definition) is 3. The van der Waals surface area contributed by atoms with E-state index in [-0.39, 0.29) is 11.6 Å². The summed E-state index contributed by atoms with van der Waals surface area (Å²) >= 11 is 0. The molecular formula is C22H22N2O4S. The average molecular weight is 410 g/mol. The zero-order valence-electron chi connectivity index (χ0n) is 15.7. The minimum atomic E-state index is -4.29. The molecule has 0 spiro atoms. The maximum atomic E-state index is 12.9. The fraction of sp³-hybridized carbons (Fsp3) is 0.136. The molecule has 3 aromatic carbocycles. The fourth-order valence-corrected chi connectivity index (χ4v) is 3.54. The van der Waals surface area contributed by atoms with Gasteiger partial charge in [-0.15, -0.1) is 0 Å². The van der Waals surface area contributed by atoms with Gasteiger partial charge < -0.3 is 5.32 Å². The first-order chi connectivity index (χ1) is 13.9. The third-order valence-corrected chi connectivity index (χ3v) is 4.94. The first-order valence-electron chi connectivity index (χ1n) is 9.14. The Balaban J connectivity index is 1.63. The Morgan fingerprint density at radius 2 is 1.34 bits per heavy atom. The molecule has 1 amide bonds. The first-order valence-corrected chi connectivity index (χ1v) is 10.6. The van der Waals surface area contributed by atoms with E-state index in [1.54, 1.807) is 24.3 Å². The van der Waals surface area contributed by atoms with Gasteiger partial charge in [-0.3, -0.25) is 14.1 Å². The number of rotatable bonds is 8. The van der Waals surface area contributed by atoms with E-state index in [0.717, 1.165) is 16.7 Å². The SMILES string of the molecule is O=C(NCCc1ccc(NS(=O)(=O)O)cc1)C(c1ccccc1)c1ccccc1. The molecule has 3 aromatic rings. The number of amides is 1. The quantitative estimate of drug-likeness (QED) is 0.496. The lowest BCUT2D eigenvalue weighted by atomic mass is 9.90. The number of anilines is 1. The van der Waals surface area contributed by atoms with Crippen molar-refractivity contribution in [1.29, 1.82) is 0 Å². The van der Waals surface area contributed by atoms with Crippen LogP contribution in [0.5, 0.6) is 0 Å². The predicted octanol–water partition coefficient (Wildman–Crippen LogP) is 3.39. The summed E-state index contributed by atoms with van der Waals surface area (Å²) < 4.78 is 32.4. The molecule has 3 N–H and O–H groups in total. The van der Waals surface area contributed by atoms with Crippen LogP contribution in [0.15, 0.2) is 84.9 Å². The van der Waals surface area contributed by atoms with E-state index < -0.39 is 16.2 Å². The van der Waals surface area contributed by atoms with Gasteiger partial charge in [-0.2, -0.15) is 8.42 Å². The van der Waals surface area contributed by atoms with Crippen LogP contribution in [0.3, 0.4) is 0 Å². The van der Waals surface area contributed by atoms with Crippen molar-refractivity contribution in [2.45, 2.75) is 12.3 Å². The Hall–Kier alpha value is -3.16. The smallest absolute Gasteiger partial charge is 0.355 e. The number of nitrogens with one attached hydrogen (secondary N) is 2. The minimum absolute atomic E-state index is 0.0768. The van der Waals surface area contributed by atoms with E-state index in [1.807, 2.05) is 65.4 Å². The van der Waals surface area contributed by atoms with Gasteiger partial charge >= 0.3 is 10.3 Å². The molecule has 0 fully saturated rings. The number of hydrogen-bond donors (Lipinski definition) is 3. The van der Waals surface area contributed by atoms with Crippen LogP contribution < -0.4 is 10.0 Å². The minimum Gasteiger partial charge on any atom is -0.355 e. The highest BCUT2D eigenvalue weighted by Crippen LogP contribution is 2.24. The highest BCUT2D eigenvalue weighted by atomic mass is 32.2. The second-order valence-corrected chi connectivity index (χ2v) is 7.72. The summed E-state index contributed by atoms with van der Waals surface area (Å²) in [6.45, 7) is 0.445. The number of carbonyl (C=O) groups excluding carboxylic acids is 1. The summed E-state index contributed by atoms with van der Waals surface area (Å²) in [7, 11) is -4.29. The van der Waals surface area contributed by atoms with Gasteiger partial charge in [0.05, 0.1) is 11.6 Å². The highest BCUT2D eigenvalue weighted by molar-refractivity contribution is 7.87. The lowest BCUT2D eigenvalue weighted by Gasteiger charge is -2.18. The second-order valence-electron chi connectivity index (χ2n) is 6.57. The molecule has 29 heavy (non-hydrogen) atoms. The maximum absolute atomic E-state index is 12.9. The Morgan fingerprint density at radius 3 is 1.83 bits per heavy atom. The van der Waals surface area contributed by atoms with Crippen LogP contribution in [0.25, 0.3) is 0 Å². The van der Waals surface area contributed by atoms with Gasteiger partial charge in [-0.1, -0.05) is 72.8 Å². The van der Waals surface area contributed by atoms with Crippen molar-refractivity contribution >= 4 is 21.9 Å². The van der Waals surface area contributed by atoms with Gasteiger partial charge in [-0.05, 0) is 35.2 Å². The van der Waals surface area contributed by atoms with E-state index in [4.69, 9.17) is 4.55 Å². The monoisotopic (exact) mass is 410 g/mol. The Kier molecular flexibility index (Phi) is 6.64. The van der Waals surface area contributed by atoms with Crippen molar-refractivity contribution in [1.82, 2.24) is 5.32 Å². The van der Waals surface area contributed by atoms with Gasteiger partial charge in [0.2, 0.25) is 5.91 Å². The van der Waals surface area contributed by atoms with E-state index in [2.05, 4.69) is 5.32 Å². The molecule has 0 heterocycles. The standard InChI is InChI=1S/C22H22N2O4S/c25-22(21(18-7-3-1-4-8-18)19-9-5-2-6-10-19)23-16-15-17-11-13-20(14-12-17)24-29(26,27)28/h1-14,21,24H,15-16H2,(H,23,25)(H,26,27,28). The topological polar surface area (TPSA) is 95.5 Å². The average Bonchev–Trinajstić information content (AvgIpc) is 2.70. The molecule has 0 radical (unpaired) electrons. The van der Waals surface area contributed by atoms with Crippen LogP contribution in [-0.4, -0.2) is 25.4 Å². The number of benzene rings is 3. The van der Waals surface area contributed by atoms with Crippen LogP contribution in [0, 0.1) is 0 Å². The summed E-state index contributed by atoms with van der Waals surface area (Å²) in [5.41, 5.74) is 3.06. The van der Waals surface area contributed by atoms with Crippen molar-refractivity contribution in [2.24, 2.45) is 0 Å². The molecule has 0 saturated heterocycles. The molecule has 6 nitrogen and oxygen atoms in total. The summed E-state index contributed by atoms with van der Waals surface area (Å²) in [6, 6.07) is 25.9. The summed E-state index contributed by atoms with van der Waals surface area (Å²) in [5.74, 6) is -0.467. The first kappa shape index (κ1) is 20.6. The number of carbonyl (C=O) groups is 1. The highest BCUT2D eigenvalue weighted by Gasteiger charge is 2.21.